The summed E-state index contributed by atoms with van der Waals surface area (Å²) in [6, 6.07) is 8.76. The normalized spacial score (nSPS) is 12.8. The Balaban J connectivity index is 2.78. The molecule has 0 fully saturated rings. The number of rotatable bonds is 4. The van der Waals surface area contributed by atoms with Crippen molar-refractivity contribution in [3.8, 4) is 0 Å². The first-order chi connectivity index (χ1) is 6.24. The number of thioether (sulfide) groups is 1. The van der Waals surface area contributed by atoms with E-state index < -0.39 is 0 Å². The predicted molar refractivity (Wildman–Crippen MR) is 60.2 cm³/mol. The summed E-state index contributed by atoms with van der Waals surface area (Å²) >= 11 is 1.89. The fraction of sp³-hybridized carbons (Fsp3) is 0.455. The molecule has 1 rings (SSSR count). The molecule has 0 bridgehead atoms. The van der Waals surface area contributed by atoms with Crippen molar-refractivity contribution in [3.63, 3.8) is 0 Å². The highest BCUT2D eigenvalue weighted by Crippen LogP contribution is 2.22. The quantitative estimate of drug-likeness (QED) is 0.748. The third-order valence-electron chi connectivity index (χ3n) is 1.81. The van der Waals surface area contributed by atoms with Gasteiger partial charge in [-0.15, -0.1) is 11.8 Å². The molecular formula is C11H17NS. The van der Waals surface area contributed by atoms with Gasteiger partial charge in [-0.25, -0.2) is 0 Å². The minimum Gasteiger partial charge on any atom is -0.328 e. The zero-order valence-electron chi connectivity index (χ0n) is 8.29. The fourth-order valence-corrected chi connectivity index (χ4v) is 2.14. The van der Waals surface area contributed by atoms with Crippen LogP contribution in [0.25, 0.3) is 0 Å². The van der Waals surface area contributed by atoms with E-state index in [1.165, 1.54) is 10.5 Å². The lowest BCUT2D eigenvalue weighted by molar-refractivity contribution is 0.729. The van der Waals surface area contributed by atoms with E-state index in [0.29, 0.717) is 0 Å². The SMILES string of the molecule is CCSc1ccccc1CC(C)N. The summed E-state index contributed by atoms with van der Waals surface area (Å²) in [5.41, 5.74) is 7.16. The molecule has 72 valence electrons. The van der Waals surface area contributed by atoms with Crippen molar-refractivity contribution in [3.05, 3.63) is 29.8 Å². The topological polar surface area (TPSA) is 26.0 Å². The lowest BCUT2D eigenvalue weighted by atomic mass is 10.1. The van der Waals surface area contributed by atoms with Gasteiger partial charge in [0.05, 0.1) is 0 Å². The highest BCUT2D eigenvalue weighted by Gasteiger charge is 2.03. The monoisotopic (exact) mass is 195 g/mol. The van der Waals surface area contributed by atoms with Gasteiger partial charge in [0.25, 0.3) is 0 Å². The van der Waals surface area contributed by atoms with Gasteiger partial charge in [-0.2, -0.15) is 0 Å². The highest BCUT2D eigenvalue weighted by atomic mass is 32.2. The zero-order valence-corrected chi connectivity index (χ0v) is 9.10. The molecule has 0 heterocycles. The molecule has 1 aromatic carbocycles. The second kappa shape index (κ2) is 5.30. The Bertz CT molecular complexity index is 258. The Morgan fingerprint density at radius 3 is 2.69 bits per heavy atom. The smallest absolute Gasteiger partial charge is 0.0104 e. The third kappa shape index (κ3) is 3.41. The van der Waals surface area contributed by atoms with Gasteiger partial charge in [0.1, 0.15) is 0 Å². The summed E-state index contributed by atoms with van der Waals surface area (Å²) in [6.07, 6.45) is 0.975. The minimum absolute atomic E-state index is 0.249. The first kappa shape index (κ1) is 10.6. The first-order valence-corrected chi connectivity index (χ1v) is 5.69. The van der Waals surface area contributed by atoms with E-state index in [1.54, 1.807) is 0 Å². The number of nitrogens with two attached hydrogens (primary N) is 1. The van der Waals surface area contributed by atoms with E-state index in [0.717, 1.165) is 12.2 Å². The Morgan fingerprint density at radius 1 is 1.38 bits per heavy atom. The summed E-state index contributed by atoms with van der Waals surface area (Å²) in [4.78, 5) is 1.38. The average molecular weight is 195 g/mol. The summed E-state index contributed by atoms with van der Waals surface area (Å²) < 4.78 is 0. The van der Waals surface area contributed by atoms with Gasteiger partial charge in [-0.05, 0) is 30.7 Å². The van der Waals surface area contributed by atoms with Crippen molar-refractivity contribution in [1.82, 2.24) is 0 Å². The van der Waals surface area contributed by atoms with Crippen LogP contribution in [0.5, 0.6) is 0 Å². The molecule has 2 heteroatoms. The van der Waals surface area contributed by atoms with Crippen molar-refractivity contribution in [1.29, 1.82) is 0 Å². The maximum absolute atomic E-state index is 5.78. The standard InChI is InChI=1S/C11H17NS/c1-3-13-11-7-5-4-6-10(11)8-9(2)12/h4-7,9H,3,8,12H2,1-2H3. The van der Waals surface area contributed by atoms with Crippen molar-refractivity contribution in [2.24, 2.45) is 5.73 Å². The van der Waals surface area contributed by atoms with Gasteiger partial charge >= 0.3 is 0 Å². The van der Waals surface area contributed by atoms with Crippen LogP contribution in [0.2, 0.25) is 0 Å². The van der Waals surface area contributed by atoms with E-state index in [4.69, 9.17) is 5.73 Å². The Hall–Kier alpha value is -0.470. The van der Waals surface area contributed by atoms with Gasteiger partial charge < -0.3 is 5.73 Å². The molecule has 0 amide bonds. The van der Waals surface area contributed by atoms with Gasteiger partial charge in [-0.1, -0.05) is 25.1 Å². The maximum Gasteiger partial charge on any atom is 0.0104 e. The third-order valence-corrected chi connectivity index (χ3v) is 2.81. The van der Waals surface area contributed by atoms with Crippen LogP contribution in [-0.4, -0.2) is 11.8 Å². The van der Waals surface area contributed by atoms with Crippen LogP contribution in [-0.2, 0) is 6.42 Å². The van der Waals surface area contributed by atoms with Crippen molar-refractivity contribution in [2.45, 2.75) is 31.2 Å². The molecule has 1 atom stereocenters. The lowest BCUT2D eigenvalue weighted by Gasteiger charge is -2.09. The van der Waals surface area contributed by atoms with Crippen molar-refractivity contribution >= 4 is 11.8 Å². The molecule has 0 saturated carbocycles. The molecule has 1 unspecified atom stereocenters. The van der Waals surface area contributed by atoms with Gasteiger partial charge in [-0.3, -0.25) is 0 Å². The van der Waals surface area contributed by atoms with Crippen LogP contribution in [0.1, 0.15) is 19.4 Å². The first-order valence-electron chi connectivity index (χ1n) is 4.70. The largest absolute Gasteiger partial charge is 0.328 e. The van der Waals surface area contributed by atoms with Crippen LogP contribution in [0.3, 0.4) is 0 Å². The molecule has 0 aliphatic heterocycles. The Labute approximate surface area is 84.7 Å². The summed E-state index contributed by atoms with van der Waals surface area (Å²) in [5.74, 6) is 1.12. The van der Waals surface area contributed by atoms with Gasteiger partial charge in [0.15, 0.2) is 0 Å². The molecule has 2 N–H and O–H groups in total. The average Bonchev–Trinajstić information content (AvgIpc) is 2.08. The Morgan fingerprint density at radius 2 is 2.08 bits per heavy atom. The molecule has 0 aliphatic carbocycles. The van der Waals surface area contributed by atoms with Gasteiger partial charge in [0, 0.05) is 10.9 Å². The summed E-state index contributed by atoms with van der Waals surface area (Å²) in [6.45, 7) is 4.22. The lowest BCUT2D eigenvalue weighted by Crippen LogP contribution is -2.18. The second-order valence-electron chi connectivity index (χ2n) is 3.22. The van der Waals surface area contributed by atoms with E-state index in [-0.39, 0.29) is 6.04 Å². The van der Waals surface area contributed by atoms with E-state index in [1.807, 2.05) is 18.7 Å². The van der Waals surface area contributed by atoms with Crippen LogP contribution >= 0.6 is 11.8 Å². The fourth-order valence-electron chi connectivity index (χ4n) is 1.32. The van der Waals surface area contributed by atoms with E-state index in [9.17, 15) is 0 Å². The Kier molecular flexibility index (Phi) is 4.33. The summed E-state index contributed by atoms with van der Waals surface area (Å²) in [7, 11) is 0. The summed E-state index contributed by atoms with van der Waals surface area (Å²) in [5, 5.41) is 0. The zero-order chi connectivity index (χ0) is 9.68. The van der Waals surface area contributed by atoms with Crippen LogP contribution in [0, 0.1) is 0 Å². The molecule has 13 heavy (non-hydrogen) atoms. The number of benzene rings is 1. The van der Waals surface area contributed by atoms with E-state index >= 15 is 0 Å². The molecule has 1 nitrogen and oxygen atoms in total. The minimum atomic E-state index is 0.249. The van der Waals surface area contributed by atoms with Crippen molar-refractivity contribution in [2.75, 3.05) is 5.75 Å². The molecule has 0 aromatic heterocycles. The van der Waals surface area contributed by atoms with Crippen LogP contribution in [0.15, 0.2) is 29.2 Å². The molecular weight excluding hydrogens is 178 g/mol. The molecule has 0 spiro atoms. The number of hydrogen-bond donors (Lipinski definition) is 1. The van der Waals surface area contributed by atoms with Crippen LogP contribution in [0.4, 0.5) is 0 Å². The second-order valence-corrected chi connectivity index (χ2v) is 4.53. The molecule has 0 saturated heterocycles. The van der Waals surface area contributed by atoms with Gasteiger partial charge in [0.2, 0.25) is 0 Å². The maximum atomic E-state index is 5.78. The number of hydrogen-bond acceptors (Lipinski definition) is 2. The van der Waals surface area contributed by atoms with Crippen molar-refractivity contribution < 1.29 is 0 Å². The molecule has 1 aromatic rings. The van der Waals surface area contributed by atoms with E-state index in [2.05, 4.69) is 31.2 Å². The predicted octanol–water partition coefficient (Wildman–Crippen LogP) is 2.69. The molecule has 0 radical (unpaired) electrons. The van der Waals surface area contributed by atoms with Crippen LogP contribution < -0.4 is 5.73 Å². The highest BCUT2D eigenvalue weighted by molar-refractivity contribution is 7.99. The molecule has 0 aliphatic rings.